The first-order valence-corrected chi connectivity index (χ1v) is 7.11. The van der Waals surface area contributed by atoms with E-state index in [2.05, 4.69) is 5.32 Å². The summed E-state index contributed by atoms with van der Waals surface area (Å²) in [5.74, 6) is -5.26. The van der Waals surface area contributed by atoms with Gasteiger partial charge < -0.3 is 26.4 Å². The van der Waals surface area contributed by atoms with Crippen molar-refractivity contribution >= 4 is 17.8 Å². The Balaban J connectivity index is 1.82. The highest BCUT2D eigenvalue weighted by atomic mass is 16.4. The van der Waals surface area contributed by atoms with Crippen LogP contribution in [0.5, 0.6) is 5.75 Å². The molecule has 0 heterocycles. The topological polar surface area (TPSA) is 150 Å². The first-order valence-electron chi connectivity index (χ1n) is 7.11. The third-order valence-electron chi connectivity index (χ3n) is 4.84. The summed E-state index contributed by atoms with van der Waals surface area (Å²) in [5, 5.41) is 30.8. The molecule has 2 aliphatic carbocycles. The molecule has 0 saturated heterocycles. The smallest absolute Gasteiger partial charge is 0.324 e. The van der Waals surface area contributed by atoms with Gasteiger partial charge in [-0.1, -0.05) is 12.1 Å². The lowest BCUT2D eigenvalue weighted by molar-refractivity contribution is -0.145. The maximum absolute atomic E-state index is 12.2. The molecule has 3 rings (SSSR count). The maximum Gasteiger partial charge on any atom is 0.324 e. The summed E-state index contributed by atoms with van der Waals surface area (Å²) in [6, 6.07) is 5.26. The average molecular weight is 320 g/mol. The molecule has 8 heteroatoms. The minimum absolute atomic E-state index is 0.0409. The van der Waals surface area contributed by atoms with Crippen LogP contribution in [0.25, 0.3) is 0 Å². The first kappa shape index (κ1) is 15.3. The fourth-order valence-corrected chi connectivity index (χ4v) is 3.74. The first-order chi connectivity index (χ1) is 10.8. The van der Waals surface area contributed by atoms with Crippen molar-refractivity contribution in [1.82, 2.24) is 5.32 Å². The molecule has 2 aliphatic rings. The third-order valence-corrected chi connectivity index (χ3v) is 4.84. The van der Waals surface area contributed by atoms with E-state index in [1.54, 1.807) is 12.1 Å². The fourth-order valence-electron chi connectivity index (χ4n) is 3.74. The normalized spacial score (nSPS) is 34.5. The van der Waals surface area contributed by atoms with Crippen LogP contribution in [-0.2, 0) is 9.59 Å². The van der Waals surface area contributed by atoms with E-state index >= 15 is 0 Å². The van der Waals surface area contributed by atoms with E-state index in [0.717, 1.165) is 0 Å². The van der Waals surface area contributed by atoms with Crippen LogP contribution in [0.15, 0.2) is 24.3 Å². The number of rotatable bonds is 4. The molecule has 6 N–H and O–H groups in total. The Morgan fingerprint density at radius 2 is 1.87 bits per heavy atom. The highest BCUT2D eigenvalue weighted by Gasteiger charge is 2.74. The van der Waals surface area contributed by atoms with Gasteiger partial charge in [0.25, 0.3) is 5.91 Å². The Bertz CT molecular complexity index is 705. The number of amides is 1. The zero-order valence-corrected chi connectivity index (χ0v) is 12.0. The number of hydrogen-bond donors (Lipinski definition) is 5. The quantitative estimate of drug-likeness (QED) is 0.507. The van der Waals surface area contributed by atoms with E-state index in [1.807, 2.05) is 0 Å². The third kappa shape index (κ3) is 2.22. The van der Waals surface area contributed by atoms with Crippen LogP contribution in [0.3, 0.4) is 0 Å². The molecule has 1 aromatic rings. The number of phenolic OH excluding ortho intramolecular Hbond substituents is 1. The molecule has 2 saturated carbocycles. The molecule has 0 aliphatic heterocycles. The number of nitrogens with one attached hydrogen (secondary N) is 1. The number of carboxylic acids is 2. The van der Waals surface area contributed by atoms with Crippen molar-refractivity contribution in [2.45, 2.75) is 18.0 Å². The molecule has 122 valence electrons. The average Bonchev–Trinajstić information content (AvgIpc) is 3.16. The zero-order chi connectivity index (χ0) is 16.9. The van der Waals surface area contributed by atoms with Crippen LogP contribution >= 0.6 is 0 Å². The molecular weight excluding hydrogens is 304 g/mol. The molecular formula is C15H16N2O6. The lowest BCUT2D eigenvalue weighted by Gasteiger charge is -2.25. The summed E-state index contributed by atoms with van der Waals surface area (Å²) < 4.78 is 0. The van der Waals surface area contributed by atoms with Gasteiger partial charge in [0.05, 0.1) is 11.5 Å². The van der Waals surface area contributed by atoms with Gasteiger partial charge in [-0.2, -0.15) is 0 Å². The van der Waals surface area contributed by atoms with Gasteiger partial charge in [0.1, 0.15) is 11.3 Å². The molecule has 0 unspecified atom stereocenters. The van der Waals surface area contributed by atoms with E-state index in [9.17, 15) is 29.7 Å². The molecule has 1 amide bonds. The van der Waals surface area contributed by atoms with Gasteiger partial charge in [-0.05, 0) is 24.5 Å². The number of aliphatic carboxylic acids is 2. The summed E-state index contributed by atoms with van der Waals surface area (Å²) in [6.07, 6.45) is -0.0409. The van der Waals surface area contributed by atoms with Crippen molar-refractivity contribution < 1.29 is 29.7 Å². The number of nitrogens with two attached hydrogens (primary N) is 1. The van der Waals surface area contributed by atoms with Crippen LogP contribution < -0.4 is 11.1 Å². The Labute approximate surface area is 130 Å². The van der Waals surface area contributed by atoms with E-state index in [-0.39, 0.29) is 17.7 Å². The highest BCUT2D eigenvalue weighted by Crippen LogP contribution is 2.61. The molecule has 0 spiro atoms. The number of para-hydroxylation sites is 1. The number of fused-ring (bicyclic) bond motifs is 1. The van der Waals surface area contributed by atoms with Gasteiger partial charge in [-0.25, -0.2) is 0 Å². The van der Waals surface area contributed by atoms with Gasteiger partial charge in [-0.15, -0.1) is 0 Å². The van der Waals surface area contributed by atoms with Crippen molar-refractivity contribution in [2.24, 2.45) is 23.5 Å². The fraction of sp³-hybridized carbons (Fsp3) is 0.400. The van der Waals surface area contributed by atoms with Crippen LogP contribution in [0, 0.1) is 17.8 Å². The van der Waals surface area contributed by atoms with Crippen LogP contribution in [-0.4, -0.2) is 44.7 Å². The molecule has 5 atom stereocenters. The standard InChI is InChI=1S/C15H16N2O6/c16-15(14(22)23)5-7(9-10(11(9)15)13(20)21)17-12(19)6-3-1-2-4-8(6)18/h1-4,7,9-11,18H,5,16H2,(H,17,19)(H,20,21)(H,22,23)/t7-,9-,10-,11-,15-/m0/s1. The Morgan fingerprint density at radius 3 is 2.43 bits per heavy atom. The number of hydrogen-bond acceptors (Lipinski definition) is 5. The second-order valence-corrected chi connectivity index (χ2v) is 6.11. The molecule has 2 fully saturated rings. The van der Waals surface area contributed by atoms with E-state index < -0.39 is 47.2 Å². The number of phenols is 1. The molecule has 1 aromatic carbocycles. The molecule has 0 radical (unpaired) electrons. The highest BCUT2D eigenvalue weighted by molar-refractivity contribution is 5.97. The Morgan fingerprint density at radius 1 is 1.22 bits per heavy atom. The maximum atomic E-state index is 12.2. The minimum atomic E-state index is -1.66. The number of benzene rings is 1. The number of carbonyl (C=O) groups is 3. The Hall–Kier alpha value is -2.61. The number of carbonyl (C=O) groups excluding carboxylic acids is 1. The van der Waals surface area contributed by atoms with Crippen molar-refractivity contribution in [2.75, 3.05) is 0 Å². The van der Waals surface area contributed by atoms with E-state index in [0.29, 0.717) is 0 Å². The summed E-state index contributed by atoms with van der Waals surface area (Å²) in [4.78, 5) is 34.9. The number of aromatic hydroxyl groups is 1. The molecule has 0 aromatic heterocycles. The van der Waals surface area contributed by atoms with Crippen LogP contribution in [0.2, 0.25) is 0 Å². The zero-order valence-electron chi connectivity index (χ0n) is 12.0. The summed E-state index contributed by atoms with van der Waals surface area (Å²) in [7, 11) is 0. The lowest BCUT2D eigenvalue weighted by Crippen LogP contribution is -2.52. The van der Waals surface area contributed by atoms with Gasteiger partial charge >= 0.3 is 11.9 Å². The largest absolute Gasteiger partial charge is 0.507 e. The number of carboxylic acid groups (broad SMARTS) is 2. The van der Waals surface area contributed by atoms with Gasteiger partial charge in [0.2, 0.25) is 0 Å². The van der Waals surface area contributed by atoms with Gasteiger partial charge in [-0.3, -0.25) is 14.4 Å². The van der Waals surface area contributed by atoms with Crippen LogP contribution in [0.4, 0.5) is 0 Å². The summed E-state index contributed by atoms with van der Waals surface area (Å²) in [5.41, 5.74) is 4.27. The monoisotopic (exact) mass is 320 g/mol. The summed E-state index contributed by atoms with van der Waals surface area (Å²) >= 11 is 0. The van der Waals surface area contributed by atoms with Crippen molar-refractivity contribution in [3.8, 4) is 5.75 Å². The molecule has 0 bridgehead atoms. The Kier molecular flexibility index (Phi) is 3.29. The predicted octanol–water partition coefficient (Wildman–Crippen LogP) is -0.377. The van der Waals surface area contributed by atoms with Crippen molar-refractivity contribution in [3.63, 3.8) is 0 Å². The van der Waals surface area contributed by atoms with Crippen LogP contribution in [0.1, 0.15) is 16.8 Å². The van der Waals surface area contributed by atoms with Gasteiger partial charge in [0.15, 0.2) is 0 Å². The second-order valence-electron chi connectivity index (χ2n) is 6.11. The minimum Gasteiger partial charge on any atom is -0.507 e. The van der Waals surface area contributed by atoms with E-state index in [1.165, 1.54) is 12.1 Å². The SMILES string of the molecule is N[C@@]1(C(=O)O)C[C@H](NC(=O)c2ccccc2O)[C@H]2[C@H](C(=O)O)[C@H]21. The van der Waals surface area contributed by atoms with Crippen molar-refractivity contribution in [3.05, 3.63) is 29.8 Å². The summed E-state index contributed by atoms with van der Waals surface area (Å²) in [6.45, 7) is 0. The van der Waals surface area contributed by atoms with Crippen molar-refractivity contribution in [1.29, 1.82) is 0 Å². The van der Waals surface area contributed by atoms with E-state index in [4.69, 9.17) is 5.73 Å². The molecule has 8 nitrogen and oxygen atoms in total. The molecule has 23 heavy (non-hydrogen) atoms. The second kappa shape index (κ2) is 4.95. The lowest BCUT2D eigenvalue weighted by atomic mass is 9.90. The van der Waals surface area contributed by atoms with Gasteiger partial charge in [0, 0.05) is 12.0 Å². The predicted molar refractivity (Wildman–Crippen MR) is 76.6 cm³/mol.